The van der Waals surface area contributed by atoms with Crippen LogP contribution in [0.25, 0.3) is 0 Å². The first-order chi connectivity index (χ1) is 9.74. The quantitative estimate of drug-likeness (QED) is 0.917. The number of halogens is 1. The number of hydrogen-bond donors (Lipinski definition) is 1. The van der Waals surface area contributed by atoms with E-state index < -0.39 is 0 Å². The summed E-state index contributed by atoms with van der Waals surface area (Å²) in [6, 6.07) is 2.71. The van der Waals surface area contributed by atoms with Gasteiger partial charge in [-0.25, -0.2) is 0 Å². The molecule has 0 bridgehead atoms. The molecule has 1 atom stereocenters. The van der Waals surface area contributed by atoms with E-state index >= 15 is 0 Å². The van der Waals surface area contributed by atoms with Gasteiger partial charge in [0.2, 0.25) is 5.91 Å². The van der Waals surface area contributed by atoms with Crippen molar-refractivity contribution in [2.24, 2.45) is 0 Å². The summed E-state index contributed by atoms with van der Waals surface area (Å²) in [6.07, 6.45) is 1.69. The van der Waals surface area contributed by atoms with E-state index in [0.29, 0.717) is 18.4 Å². The van der Waals surface area contributed by atoms with Crippen molar-refractivity contribution < 1.29 is 4.79 Å². The van der Waals surface area contributed by atoms with Gasteiger partial charge in [-0.15, -0.1) is 23.7 Å². The molecule has 2 aliphatic rings. The van der Waals surface area contributed by atoms with Crippen molar-refractivity contribution in [3.05, 3.63) is 21.9 Å². The molecule has 6 heteroatoms. The van der Waals surface area contributed by atoms with Crippen LogP contribution in [0.15, 0.2) is 11.4 Å². The molecule has 1 N–H and O–H groups in total. The molecule has 3 heterocycles. The number of carbonyl (C=O) groups excluding carboxylic acids is 1. The minimum atomic E-state index is 0. The molecule has 0 unspecified atom stereocenters. The van der Waals surface area contributed by atoms with E-state index in [0.717, 1.165) is 45.7 Å². The fraction of sp³-hybridized carbons (Fsp3) is 0.667. The van der Waals surface area contributed by atoms with Crippen LogP contribution in [-0.4, -0.2) is 54.5 Å². The molecule has 0 radical (unpaired) electrons. The Bertz CT molecular complexity index is 479. The van der Waals surface area contributed by atoms with Crippen molar-refractivity contribution in [3.8, 4) is 0 Å². The highest BCUT2D eigenvalue weighted by Gasteiger charge is 2.23. The molecule has 0 spiro atoms. The fourth-order valence-electron chi connectivity index (χ4n) is 3.07. The maximum atomic E-state index is 12.4. The summed E-state index contributed by atoms with van der Waals surface area (Å²) < 4.78 is 0. The Morgan fingerprint density at radius 1 is 1.48 bits per heavy atom. The predicted molar refractivity (Wildman–Crippen MR) is 89.2 cm³/mol. The number of nitrogens with zero attached hydrogens (tertiary/aromatic N) is 2. The summed E-state index contributed by atoms with van der Waals surface area (Å²) >= 11 is 1.82. The number of fused-ring (bicyclic) bond motifs is 1. The monoisotopic (exact) mass is 329 g/mol. The standard InChI is InChI=1S/C15H23N3OS.ClH/c1-12-10-16-5-8-17(12)7-3-15(19)18-6-2-14-13(11-18)4-9-20-14;/h4,9,12,16H,2-3,5-8,10-11H2,1H3;1H/t12-;/m0./s1. The van der Waals surface area contributed by atoms with Crippen molar-refractivity contribution in [1.29, 1.82) is 0 Å². The smallest absolute Gasteiger partial charge is 0.224 e. The zero-order chi connectivity index (χ0) is 13.9. The number of thiophene rings is 1. The van der Waals surface area contributed by atoms with Crippen molar-refractivity contribution in [2.75, 3.05) is 32.7 Å². The fourth-order valence-corrected chi connectivity index (χ4v) is 3.96. The number of hydrogen-bond acceptors (Lipinski definition) is 4. The summed E-state index contributed by atoms with van der Waals surface area (Å²) in [6.45, 7) is 7.97. The lowest BCUT2D eigenvalue weighted by Crippen LogP contribution is -2.50. The van der Waals surface area contributed by atoms with E-state index in [-0.39, 0.29) is 12.4 Å². The van der Waals surface area contributed by atoms with E-state index in [1.807, 2.05) is 16.2 Å². The summed E-state index contributed by atoms with van der Waals surface area (Å²) in [4.78, 5) is 18.3. The van der Waals surface area contributed by atoms with E-state index in [1.54, 1.807) is 0 Å². The van der Waals surface area contributed by atoms with Crippen molar-refractivity contribution in [1.82, 2.24) is 15.1 Å². The Morgan fingerprint density at radius 3 is 3.14 bits per heavy atom. The van der Waals surface area contributed by atoms with Crippen LogP contribution in [0.3, 0.4) is 0 Å². The van der Waals surface area contributed by atoms with Gasteiger partial charge >= 0.3 is 0 Å². The number of nitrogens with one attached hydrogen (secondary N) is 1. The zero-order valence-corrected chi connectivity index (χ0v) is 14.1. The molecule has 1 saturated heterocycles. The van der Waals surface area contributed by atoms with Gasteiger partial charge in [0.1, 0.15) is 0 Å². The second kappa shape index (κ2) is 7.58. The molecule has 21 heavy (non-hydrogen) atoms. The Morgan fingerprint density at radius 2 is 2.33 bits per heavy atom. The molecule has 1 fully saturated rings. The van der Waals surface area contributed by atoms with Gasteiger partial charge in [0.15, 0.2) is 0 Å². The molecule has 0 aromatic carbocycles. The lowest BCUT2D eigenvalue weighted by molar-refractivity contribution is -0.132. The highest BCUT2D eigenvalue weighted by Crippen LogP contribution is 2.24. The molecule has 118 valence electrons. The van der Waals surface area contributed by atoms with E-state index in [4.69, 9.17) is 0 Å². The zero-order valence-electron chi connectivity index (χ0n) is 12.5. The molecule has 0 saturated carbocycles. The van der Waals surface area contributed by atoms with Crippen molar-refractivity contribution >= 4 is 29.7 Å². The van der Waals surface area contributed by atoms with Gasteiger partial charge in [-0.1, -0.05) is 0 Å². The van der Waals surface area contributed by atoms with Gasteiger partial charge in [0.25, 0.3) is 0 Å². The van der Waals surface area contributed by atoms with Crippen LogP contribution in [0, 0.1) is 0 Å². The topological polar surface area (TPSA) is 35.6 Å². The van der Waals surface area contributed by atoms with Crippen LogP contribution in [-0.2, 0) is 17.8 Å². The number of amides is 1. The Labute approximate surface area is 136 Å². The number of carbonyl (C=O) groups is 1. The third kappa shape index (κ3) is 3.97. The van der Waals surface area contributed by atoms with Gasteiger partial charge < -0.3 is 10.2 Å². The second-order valence-corrected chi connectivity index (χ2v) is 6.77. The van der Waals surface area contributed by atoms with Gasteiger partial charge in [-0.3, -0.25) is 9.69 Å². The first-order valence-electron chi connectivity index (χ1n) is 7.52. The predicted octanol–water partition coefficient (Wildman–Crippen LogP) is 1.74. The maximum absolute atomic E-state index is 12.4. The summed E-state index contributed by atoms with van der Waals surface area (Å²) in [7, 11) is 0. The molecule has 4 nitrogen and oxygen atoms in total. The first kappa shape index (κ1) is 16.7. The first-order valence-corrected chi connectivity index (χ1v) is 8.40. The van der Waals surface area contributed by atoms with Gasteiger partial charge in [0, 0.05) is 56.6 Å². The van der Waals surface area contributed by atoms with Crippen LogP contribution in [0.4, 0.5) is 0 Å². The van der Waals surface area contributed by atoms with Crippen LogP contribution >= 0.6 is 23.7 Å². The third-order valence-electron chi connectivity index (χ3n) is 4.41. The Hall–Kier alpha value is -0.620. The maximum Gasteiger partial charge on any atom is 0.224 e. The lowest BCUT2D eigenvalue weighted by Gasteiger charge is -2.34. The van der Waals surface area contributed by atoms with Crippen LogP contribution in [0.5, 0.6) is 0 Å². The van der Waals surface area contributed by atoms with Crippen molar-refractivity contribution in [3.63, 3.8) is 0 Å². The molecular formula is C15H24ClN3OS. The molecule has 1 aromatic heterocycles. The van der Waals surface area contributed by atoms with Gasteiger partial charge in [-0.05, 0) is 30.4 Å². The largest absolute Gasteiger partial charge is 0.338 e. The number of piperazine rings is 1. The summed E-state index contributed by atoms with van der Waals surface area (Å²) in [5.74, 6) is 0.313. The summed E-state index contributed by atoms with van der Waals surface area (Å²) in [5.41, 5.74) is 1.35. The normalized spacial score (nSPS) is 22.5. The molecule has 1 aromatic rings. The second-order valence-electron chi connectivity index (χ2n) is 5.77. The average Bonchev–Trinajstić information content (AvgIpc) is 2.93. The van der Waals surface area contributed by atoms with Crippen molar-refractivity contribution in [2.45, 2.75) is 32.4 Å². The highest BCUT2D eigenvalue weighted by atomic mass is 35.5. The lowest BCUT2D eigenvalue weighted by atomic mass is 10.1. The number of rotatable bonds is 3. The Balaban J connectivity index is 0.00000161. The minimum absolute atomic E-state index is 0. The van der Waals surface area contributed by atoms with Crippen LogP contribution in [0.2, 0.25) is 0 Å². The molecule has 1 amide bonds. The van der Waals surface area contributed by atoms with Crippen LogP contribution < -0.4 is 5.32 Å². The van der Waals surface area contributed by atoms with Gasteiger partial charge in [0.05, 0.1) is 0 Å². The Kier molecular flexibility index (Phi) is 6.05. The van der Waals surface area contributed by atoms with Crippen LogP contribution in [0.1, 0.15) is 23.8 Å². The summed E-state index contributed by atoms with van der Waals surface area (Å²) in [5, 5.41) is 5.53. The molecule has 3 rings (SSSR count). The molecule has 2 aliphatic heterocycles. The van der Waals surface area contributed by atoms with E-state index in [2.05, 4.69) is 28.6 Å². The third-order valence-corrected chi connectivity index (χ3v) is 5.44. The van der Waals surface area contributed by atoms with E-state index in [1.165, 1.54) is 10.4 Å². The van der Waals surface area contributed by atoms with E-state index in [9.17, 15) is 4.79 Å². The minimum Gasteiger partial charge on any atom is -0.338 e. The molecular weight excluding hydrogens is 306 g/mol. The molecule has 0 aliphatic carbocycles. The highest BCUT2D eigenvalue weighted by molar-refractivity contribution is 7.10. The SMILES string of the molecule is C[C@H]1CNCCN1CCC(=O)N1CCc2sccc2C1.Cl. The average molecular weight is 330 g/mol. The van der Waals surface area contributed by atoms with Gasteiger partial charge in [-0.2, -0.15) is 0 Å².